The number of likely N-dealkylation sites (N-methyl/N-ethyl adjacent to an activating group) is 1. The molecule has 0 radical (unpaired) electrons. The molecular formula is C30H36N4O7S. The van der Waals surface area contributed by atoms with E-state index in [-0.39, 0.29) is 48.7 Å². The van der Waals surface area contributed by atoms with Gasteiger partial charge in [0, 0.05) is 48.7 Å². The maximum Gasteiger partial charge on any atom is 0.255 e. The van der Waals surface area contributed by atoms with Crippen LogP contribution in [0.3, 0.4) is 0 Å². The van der Waals surface area contributed by atoms with Crippen LogP contribution in [-0.2, 0) is 21.2 Å². The number of pyridine rings is 1. The number of amides is 2. The van der Waals surface area contributed by atoms with E-state index in [1.807, 2.05) is 6.92 Å². The molecule has 4 rings (SSSR count). The van der Waals surface area contributed by atoms with Gasteiger partial charge in [-0.3, -0.25) is 14.6 Å². The van der Waals surface area contributed by atoms with Crippen LogP contribution in [0.15, 0.2) is 71.9 Å². The number of nitrogens with zero attached hydrogens (tertiary/aromatic N) is 3. The van der Waals surface area contributed by atoms with Gasteiger partial charge in [0.15, 0.2) is 0 Å². The van der Waals surface area contributed by atoms with Gasteiger partial charge in [0.2, 0.25) is 15.9 Å². The fourth-order valence-corrected chi connectivity index (χ4v) is 5.89. The maximum atomic E-state index is 13.5. The Hall–Kier alpha value is -4.00. The predicted molar refractivity (Wildman–Crippen MR) is 157 cm³/mol. The van der Waals surface area contributed by atoms with Crippen LogP contribution in [0, 0.1) is 5.92 Å². The molecule has 2 amide bonds. The lowest BCUT2D eigenvalue weighted by Gasteiger charge is -2.33. The summed E-state index contributed by atoms with van der Waals surface area (Å²) >= 11 is 0. The highest BCUT2D eigenvalue weighted by molar-refractivity contribution is 7.89. The number of anilines is 1. The highest BCUT2D eigenvalue weighted by Crippen LogP contribution is 2.30. The third-order valence-electron chi connectivity index (χ3n) is 7.32. The first-order valence-corrected chi connectivity index (χ1v) is 15.0. The number of aliphatic hydroxyl groups excluding tert-OH is 1. The Labute approximate surface area is 246 Å². The molecule has 3 atom stereocenters. The topological polar surface area (TPSA) is 138 Å². The summed E-state index contributed by atoms with van der Waals surface area (Å²) in [5.74, 6) is 0.107. The number of aliphatic hydroxyl groups is 1. The lowest BCUT2D eigenvalue weighted by atomic mass is 10.0. The predicted octanol–water partition coefficient (Wildman–Crippen LogP) is 2.81. The van der Waals surface area contributed by atoms with E-state index in [2.05, 4.69) is 10.3 Å². The van der Waals surface area contributed by atoms with E-state index in [1.165, 1.54) is 43.0 Å². The molecule has 0 fully saturated rings. The molecule has 0 saturated heterocycles. The van der Waals surface area contributed by atoms with Gasteiger partial charge in [0.25, 0.3) is 5.91 Å². The van der Waals surface area contributed by atoms with Crippen LogP contribution in [0.25, 0.3) is 0 Å². The van der Waals surface area contributed by atoms with Crippen molar-refractivity contribution >= 4 is 27.5 Å². The van der Waals surface area contributed by atoms with E-state index < -0.39 is 22.2 Å². The van der Waals surface area contributed by atoms with E-state index in [0.717, 1.165) is 0 Å². The van der Waals surface area contributed by atoms with Gasteiger partial charge in [-0.05, 0) is 61.5 Å². The molecule has 11 nitrogen and oxygen atoms in total. The quantitative estimate of drug-likeness (QED) is 0.385. The molecule has 2 N–H and O–H groups in total. The van der Waals surface area contributed by atoms with Crippen LogP contribution in [0.1, 0.15) is 29.8 Å². The van der Waals surface area contributed by atoms with Crippen LogP contribution in [0.2, 0.25) is 0 Å². The van der Waals surface area contributed by atoms with Gasteiger partial charge >= 0.3 is 0 Å². The first kappa shape index (κ1) is 30.9. The minimum absolute atomic E-state index is 0.00500. The van der Waals surface area contributed by atoms with Crippen molar-refractivity contribution in [2.75, 3.05) is 39.2 Å². The van der Waals surface area contributed by atoms with Gasteiger partial charge in [-0.15, -0.1) is 0 Å². The molecule has 2 heterocycles. The van der Waals surface area contributed by atoms with Crippen molar-refractivity contribution in [3.05, 3.63) is 78.1 Å². The Morgan fingerprint density at radius 3 is 2.52 bits per heavy atom. The highest BCUT2D eigenvalue weighted by atomic mass is 32.2. The fraction of sp³-hybridized carbons (Fsp3) is 0.367. The molecule has 0 aliphatic carbocycles. The lowest BCUT2D eigenvalue weighted by Crippen LogP contribution is -2.48. The van der Waals surface area contributed by atoms with E-state index in [1.54, 1.807) is 54.3 Å². The summed E-state index contributed by atoms with van der Waals surface area (Å²) in [6, 6.07) is 13.9. The van der Waals surface area contributed by atoms with Crippen LogP contribution in [0.4, 0.5) is 5.69 Å². The first-order chi connectivity index (χ1) is 20.0. The van der Waals surface area contributed by atoms with E-state index in [0.29, 0.717) is 28.3 Å². The van der Waals surface area contributed by atoms with Gasteiger partial charge in [0.05, 0.1) is 37.6 Å². The molecule has 3 aromatic rings. The molecule has 42 heavy (non-hydrogen) atoms. The summed E-state index contributed by atoms with van der Waals surface area (Å²) in [6.07, 6.45) is 2.38. The van der Waals surface area contributed by atoms with Crippen molar-refractivity contribution in [1.29, 1.82) is 0 Å². The van der Waals surface area contributed by atoms with Crippen molar-refractivity contribution in [2.45, 2.75) is 37.3 Å². The smallest absolute Gasteiger partial charge is 0.255 e. The van der Waals surface area contributed by atoms with E-state index in [4.69, 9.17) is 9.47 Å². The molecule has 1 aromatic heterocycles. The Kier molecular flexibility index (Phi) is 9.81. The molecule has 1 aliphatic heterocycles. The third-order valence-corrected chi connectivity index (χ3v) is 9.16. The second-order valence-corrected chi connectivity index (χ2v) is 12.4. The zero-order valence-corrected chi connectivity index (χ0v) is 24.9. The summed E-state index contributed by atoms with van der Waals surface area (Å²) < 4.78 is 39.6. The van der Waals surface area contributed by atoms with Crippen molar-refractivity contribution < 1.29 is 32.6 Å². The molecule has 0 spiro atoms. The molecule has 12 heteroatoms. The van der Waals surface area contributed by atoms with Gasteiger partial charge in [0.1, 0.15) is 17.6 Å². The monoisotopic (exact) mass is 596 g/mol. The van der Waals surface area contributed by atoms with E-state index >= 15 is 0 Å². The number of carbonyl (C=O) groups excluding carboxylic acids is 2. The summed E-state index contributed by atoms with van der Waals surface area (Å²) in [5, 5.41) is 12.7. The molecule has 0 saturated carbocycles. The highest BCUT2D eigenvalue weighted by Gasteiger charge is 2.33. The zero-order valence-electron chi connectivity index (χ0n) is 24.1. The Bertz CT molecular complexity index is 1500. The number of fused-ring (bicyclic) bond motifs is 1. The van der Waals surface area contributed by atoms with Crippen molar-refractivity contribution in [2.24, 2.45) is 5.92 Å². The number of rotatable bonds is 9. The van der Waals surface area contributed by atoms with Gasteiger partial charge in [-0.25, -0.2) is 8.42 Å². The molecule has 224 valence electrons. The van der Waals surface area contributed by atoms with Crippen LogP contribution < -0.4 is 14.8 Å². The number of methoxy groups -OCH3 is 1. The van der Waals surface area contributed by atoms with Crippen molar-refractivity contribution in [1.82, 2.24) is 14.2 Å². The molecule has 0 unspecified atom stereocenters. The largest absolute Gasteiger partial charge is 0.497 e. The summed E-state index contributed by atoms with van der Waals surface area (Å²) in [4.78, 5) is 31.8. The Morgan fingerprint density at radius 1 is 1.19 bits per heavy atom. The first-order valence-electron chi connectivity index (χ1n) is 13.5. The number of hydrogen-bond acceptors (Lipinski definition) is 8. The van der Waals surface area contributed by atoms with Crippen LogP contribution in [0.5, 0.6) is 11.5 Å². The average Bonchev–Trinajstić information content (AvgIpc) is 3.04. The third kappa shape index (κ3) is 7.07. The summed E-state index contributed by atoms with van der Waals surface area (Å²) in [6.45, 7) is 3.67. The van der Waals surface area contributed by atoms with Crippen molar-refractivity contribution in [3.63, 3.8) is 0 Å². The Morgan fingerprint density at radius 2 is 1.88 bits per heavy atom. The molecule has 0 bridgehead atoms. The number of carbonyl (C=O) groups is 2. The minimum Gasteiger partial charge on any atom is -0.497 e. The van der Waals surface area contributed by atoms with Crippen molar-refractivity contribution in [3.8, 4) is 11.5 Å². The average molecular weight is 597 g/mol. The van der Waals surface area contributed by atoms with E-state index in [9.17, 15) is 23.1 Å². The second kappa shape index (κ2) is 13.3. The van der Waals surface area contributed by atoms with Gasteiger partial charge in [-0.1, -0.05) is 6.92 Å². The molecule has 2 aromatic carbocycles. The lowest BCUT2D eigenvalue weighted by molar-refractivity contribution is -0.134. The minimum atomic E-state index is -3.86. The summed E-state index contributed by atoms with van der Waals surface area (Å²) in [5.41, 5.74) is 1.43. The van der Waals surface area contributed by atoms with Crippen LogP contribution in [-0.4, -0.2) is 85.5 Å². The Balaban J connectivity index is 1.64. The molecular weight excluding hydrogens is 560 g/mol. The van der Waals surface area contributed by atoms with Gasteiger partial charge < -0.3 is 24.8 Å². The number of ether oxygens (including phenoxy) is 2. The standard InChI is InChI=1S/C30H36N4O7S/c1-20-17-34(21(2)19-35)29(36)16-23-15-24(32-30(37)22-11-13-31-14-12-22)5-10-27(23)41-28(20)18-33(3)42(38,39)26-8-6-25(40-4)7-9-26/h5-15,20-21,28,35H,16-19H2,1-4H3,(H,32,37)/t20-,21+,28+/m1/s1. The number of sulfonamides is 1. The van der Waals surface area contributed by atoms with Gasteiger partial charge in [-0.2, -0.15) is 4.31 Å². The number of benzene rings is 2. The summed E-state index contributed by atoms with van der Waals surface area (Å²) in [7, 11) is -0.868. The number of aromatic nitrogens is 1. The normalized spacial score (nSPS) is 18.2. The van der Waals surface area contributed by atoms with Crippen LogP contribution >= 0.6 is 0 Å². The zero-order chi connectivity index (χ0) is 30.4. The number of nitrogens with one attached hydrogen (secondary N) is 1. The number of hydrogen-bond donors (Lipinski definition) is 2. The second-order valence-electron chi connectivity index (χ2n) is 10.4. The SMILES string of the molecule is COc1ccc(S(=O)(=O)N(C)C[C@@H]2Oc3ccc(NC(=O)c4ccncc4)cc3CC(=O)N([C@@H](C)CO)C[C@H]2C)cc1. The fourth-order valence-electron chi connectivity index (χ4n) is 4.71. The molecule has 1 aliphatic rings. The maximum absolute atomic E-state index is 13.5.